The first-order valence-corrected chi connectivity index (χ1v) is 8.27. The monoisotopic (exact) mass is 352 g/mol. The summed E-state index contributed by atoms with van der Waals surface area (Å²) in [6.45, 7) is 4.01. The van der Waals surface area contributed by atoms with Gasteiger partial charge in [0.05, 0.1) is 18.1 Å². The molecule has 5 rings (SSSR count). The molecule has 0 spiro atoms. The molecule has 2 aliphatic heterocycles. The van der Waals surface area contributed by atoms with Crippen LogP contribution in [0.3, 0.4) is 0 Å². The number of hydrogen-bond donors (Lipinski definition) is 0. The molecule has 0 fully saturated rings. The first-order valence-electron chi connectivity index (χ1n) is 8.27. The van der Waals surface area contributed by atoms with E-state index in [1.54, 1.807) is 18.2 Å². The summed E-state index contributed by atoms with van der Waals surface area (Å²) in [6.07, 6.45) is 3.84. The van der Waals surface area contributed by atoms with E-state index in [4.69, 9.17) is 23.4 Å². The Morgan fingerprint density at radius 1 is 1.12 bits per heavy atom. The summed E-state index contributed by atoms with van der Waals surface area (Å²) < 4.78 is 28.6. The van der Waals surface area contributed by atoms with Gasteiger partial charge in [0.2, 0.25) is 18.0 Å². The highest BCUT2D eigenvalue weighted by atomic mass is 16.7. The Morgan fingerprint density at radius 3 is 2.77 bits per heavy atom. The summed E-state index contributed by atoms with van der Waals surface area (Å²) in [6, 6.07) is 5.13. The molecule has 0 bridgehead atoms. The first kappa shape index (κ1) is 15.1. The van der Waals surface area contributed by atoms with Crippen molar-refractivity contribution < 1.29 is 23.4 Å². The van der Waals surface area contributed by atoms with E-state index in [2.05, 4.69) is 0 Å². The topological polar surface area (TPSA) is 67.1 Å². The second-order valence-corrected chi connectivity index (χ2v) is 6.84. The molecule has 3 aromatic rings. The van der Waals surface area contributed by atoms with Crippen LogP contribution in [0.2, 0.25) is 0 Å². The Balaban J connectivity index is 1.96. The van der Waals surface area contributed by atoms with Gasteiger partial charge < -0.3 is 23.4 Å². The van der Waals surface area contributed by atoms with Gasteiger partial charge >= 0.3 is 0 Å². The van der Waals surface area contributed by atoms with Crippen molar-refractivity contribution in [1.29, 1.82) is 0 Å². The zero-order valence-corrected chi connectivity index (χ0v) is 14.5. The minimum Gasteiger partial charge on any atom is -0.496 e. The largest absolute Gasteiger partial charge is 0.496 e. The van der Waals surface area contributed by atoms with Gasteiger partial charge in [-0.05, 0) is 38.1 Å². The predicted molar refractivity (Wildman–Crippen MR) is 96.4 cm³/mol. The third-order valence-corrected chi connectivity index (χ3v) is 4.66. The van der Waals surface area contributed by atoms with Crippen LogP contribution < -0.4 is 24.4 Å². The lowest BCUT2D eigenvalue weighted by Crippen LogP contribution is -2.27. The lowest BCUT2D eigenvalue weighted by molar-refractivity contribution is 0.158. The van der Waals surface area contributed by atoms with Crippen molar-refractivity contribution >= 4 is 28.0 Å². The second-order valence-electron chi connectivity index (χ2n) is 6.84. The van der Waals surface area contributed by atoms with Crippen molar-refractivity contribution in [2.45, 2.75) is 19.4 Å². The molecule has 2 aromatic carbocycles. The van der Waals surface area contributed by atoms with Gasteiger partial charge in [-0.2, -0.15) is 0 Å². The molecule has 0 N–H and O–H groups in total. The van der Waals surface area contributed by atoms with Crippen molar-refractivity contribution in [2.24, 2.45) is 0 Å². The van der Waals surface area contributed by atoms with Crippen molar-refractivity contribution in [1.82, 2.24) is 0 Å². The minimum absolute atomic E-state index is 0.101. The zero-order chi connectivity index (χ0) is 18.1. The summed E-state index contributed by atoms with van der Waals surface area (Å²) in [4.78, 5) is 13.2. The average molecular weight is 352 g/mol. The van der Waals surface area contributed by atoms with E-state index in [1.807, 2.05) is 26.0 Å². The highest BCUT2D eigenvalue weighted by Crippen LogP contribution is 2.44. The molecule has 0 aliphatic carbocycles. The van der Waals surface area contributed by atoms with Crippen molar-refractivity contribution in [2.75, 3.05) is 13.9 Å². The van der Waals surface area contributed by atoms with E-state index < -0.39 is 5.60 Å². The molecule has 3 heterocycles. The molecular formula is C20H16O6. The predicted octanol–water partition coefficient (Wildman–Crippen LogP) is 3.87. The Bertz CT molecular complexity index is 1170. The number of rotatable bonds is 1. The maximum Gasteiger partial charge on any atom is 0.231 e. The molecule has 0 radical (unpaired) electrons. The summed E-state index contributed by atoms with van der Waals surface area (Å²) in [5.74, 6) is 2.02. The van der Waals surface area contributed by atoms with Gasteiger partial charge in [-0.1, -0.05) is 0 Å². The summed E-state index contributed by atoms with van der Waals surface area (Å²) in [5.41, 5.74) is 0.841. The van der Waals surface area contributed by atoms with Crippen LogP contribution in [0.25, 0.3) is 28.0 Å². The van der Waals surface area contributed by atoms with Crippen molar-refractivity contribution in [3.05, 3.63) is 40.1 Å². The van der Waals surface area contributed by atoms with Crippen LogP contribution in [-0.2, 0) is 0 Å². The molecule has 0 amide bonds. The third kappa shape index (κ3) is 1.95. The summed E-state index contributed by atoms with van der Waals surface area (Å²) in [7, 11) is 1.52. The van der Waals surface area contributed by atoms with E-state index in [0.29, 0.717) is 50.5 Å². The van der Waals surface area contributed by atoms with E-state index in [0.717, 1.165) is 0 Å². The summed E-state index contributed by atoms with van der Waals surface area (Å²) in [5, 5.41) is 0.798. The van der Waals surface area contributed by atoms with Crippen molar-refractivity contribution in [3.8, 4) is 23.0 Å². The van der Waals surface area contributed by atoms with Gasteiger partial charge in [0.15, 0.2) is 16.9 Å². The molecule has 6 heteroatoms. The Morgan fingerprint density at radius 2 is 1.96 bits per heavy atom. The van der Waals surface area contributed by atoms with Gasteiger partial charge in [-0.25, -0.2) is 0 Å². The van der Waals surface area contributed by atoms with Crippen LogP contribution in [-0.4, -0.2) is 19.5 Å². The molecule has 0 atom stereocenters. The molecule has 132 valence electrons. The van der Waals surface area contributed by atoms with Gasteiger partial charge in [-0.3, -0.25) is 4.79 Å². The molecule has 0 saturated carbocycles. The molecule has 26 heavy (non-hydrogen) atoms. The number of ether oxygens (including phenoxy) is 4. The maximum atomic E-state index is 13.2. The third-order valence-electron chi connectivity index (χ3n) is 4.66. The van der Waals surface area contributed by atoms with Crippen LogP contribution in [0.5, 0.6) is 23.0 Å². The van der Waals surface area contributed by atoms with Gasteiger partial charge in [0.25, 0.3) is 0 Å². The Hall–Kier alpha value is -3.15. The lowest BCUT2D eigenvalue weighted by Gasteiger charge is -2.28. The second kappa shape index (κ2) is 4.94. The van der Waals surface area contributed by atoms with Crippen LogP contribution >= 0.6 is 0 Å². The Labute approximate surface area is 148 Å². The van der Waals surface area contributed by atoms with Crippen LogP contribution in [0.15, 0.2) is 33.5 Å². The van der Waals surface area contributed by atoms with Crippen LogP contribution in [0, 0.1) is 0 Å². The number of methoxy groups -OCH3 is 1. The first-order chi connectivity index (χ1) is 12.5. The number of fused-ring (bicyclic) bond motifs is 6. The van der Waals surface area contributed by atoms with E-state index in [-0.39, 0.29) is 12.2 Å². The maximum absolute atomic E-state index is 13.2. The highest BCUT2D eigenvalue weighted by molar-refractivity contribution is 6.01. The average Bonchev–Trinajstić information content (AvgIpc) is 3.09. The SMILES string of the molecule is COc1cc2c(c3oc4c5c(ccc4c(=O)c13)OCO5)C=CC(C)(C)O2. The van der Waals surface area contributed by atoms with Gasteiger partial charge in [0.1, 0.15) is 22.5 Å². The molecule has 2 aliphatic rings. The molecular weight excluding hydrogens is 336 g/mol. The van der Waals surface area contributed by atoms with Crippen LogP contribution in [0.4, 0.5) is 0 Å². The molecule has 0 unspecified atom stereocenters. The number of hydrogen-bond acceptors (Lipinski definition) is 6. The van der Waals surface area contributed by atoms with E-state index >= 15 is 0 Å². The van der Waals surface area contributed by atoms with Gasteiger partial charge in [-0.15, -0.1) is 0 Å². The fraction of sp³-hybridized carbons (Fsp3) is 0.250. The quantitative estimate of drug-likeness (QED) is 0.620. The van der Waals surface area contributed by atoms with E-state index in [9.17, 15) is 4.79 Å². The molecule has 0 saturated heterocycles. The standard InChI is InChI=1S/C20H16O6/c1-20(2)7-6-10-13(26-20)8-14(22-3)15-16(21)11-4-5-12-19(24-9-23-12)18(11)25-17(10)15/h4-8H,9H2,1-3H3. The molecule has 6 nitrogen and oxygen atoms in total. The number of benzene rings is 2. The van der Waals surface area contributed by atoms with E-state index in [1.165, 1.54) is 7.11 Å². The Kier molecular flexibility index (Phi) is 2.88. The van der Waals surface area contributed by atoms with Crippen molar-refractivity contribution in [3.63, 3.8) is 0 Å². The zero-order valence-electron chi connectivity index (χ0n) is 14.5. The van der Waals surface area contributed by atoms with Gasteiger partial charge in [0, 0.05) is 6.07 Å². The molecule has 1 aromatic heterocycles. The fourth-order valence-electron chi connectivity index (χ4n) is 3.42. The summed E-state index contributed by atoms with van der Waals surface area (Å²) >= 11 is 0. The van der Waals surface area contributed by atoms with Crippen LogP contribution in [0.1, 0.15) is 19.4 Å². The normalized spacial score (nSPS) is 16.6. The smallest absolute Gasteiger partial charge is 0.231 e. The fourth-order valence-corrected chi connectivity index (χ4v) is 3.42. The highest BCUT2D eigenvalue weighted by Gasteiger charge is 2.28. The minimum atomic E-state index is -0.457. The lowest BCUT2D eigenvalue weighted by atomic mass is 9.99.